The van der Waals surface area contributed by atoms with Gasteiger partial charge < -0.3 is 42.6 Å². The number of esters is 2. The Morgan fingerprint density at radius 2 is 1.71 bits per heavy atom. The second kappa shape index (κ2) is 10.5. The molecule has 6 aliphatic rings. The van der Waals surface area contributed by atoms with Gasteiger partial charge in [0.25, 0.3) is 0 Å². The number of carbonyl (C=O) groups is 2. The Hall–Kier alpha value is -1.60. The van der Waals surface area contributed by atoms with Gasteiger partial charge in [-0.2, -0.15) is 0 Å². The molecule has 6 fully saturated rings. The minimum absolute atomic E-state index is 0.00239. The Bertz CT molecular complexity index is 1110. The summed E-state index contributed by atoms with van der Waals surface area (Å²) >= 11 is 0. The molecule has 0 amide bonds. The summed E-state index contributed by atoms with van der Waals surface area (Å²) in [5, 5.41) is 0. The standard InChI is InChI=1S/C31H46O11/c1-16-13-29-15-30(16,39-8)11-9-18(29)31-12-10-19(28(2,27(33)42-31)24(31)20(29)25(32)38-7)41-26-23(37-6)22(36-5)21(35-4)17(40-26)14-34-3/h17-24,26H,1,9-15H2,2-8H3/t17-,18?,19?,20?,21-,22+,23-,24?,26+,28-,29?,30+,31-/m1/s1. The molecule has 5 unspecified atom stereocenters. The Kier molecular flexibility index (Phi) is 7.60. The predicted molar refractivity (Wildman–Crippen MR) is 146 cm³/mol. The maximum Gasteiger partial charge on any atom is 0.315 e. The number of fused-ring (bicyclic) bond motifs is 1. The Labute approximate surface area is 247 Å². The number of ether oxygens (including phenoxy) is 9. The summed E-state index contributed by atoms with van der Waals surface area (Å²) in [6.07, 6.45) is 0.463. The molecule has 0 N–H and O–H groups in total. The van der Waals surface area contributed by atoms with Crippen LogP contribution in [0.1, 0.15) is 45.4 Å². The number of hydrogen-bond donors (Lipinski definition) is 0. The zero-order valence-electron chi connectivity index (χ0n) is 25.8. The molecule has 1 spiro atoms. The first kappa shape index (κ1) is 30.4. The third-order valence-corrected chi connectivity index (χ3v) is 12.1. The van der Waals surface area contributed by atoms with Gasteiger partial charge in [0.15, 0.2) is 6.29 Å². The molecule has 0 aromatic rings. The van der Waals surface area contributed by atoms with E-state index in [9.17, 15) is 9.59 Å². The fraction of sp³-hybridized carbons (Fsp3) is 0.871. The average Bonchev–Trinajstić information content (AvgIpc) is 3.43. The molecule has 2 aliphatic heterocycles. The molecule has 6 rings (SSSR count). The summed E-state index contributed by atoms with van der Waals surface area (Å²) in [6.45, 7) is 6.56. The van der Waals surface area contributed by atoms with Gasteiger partial charge in [0, 0.05) is 47.4 Å². The zero-order valence-corrected chi connectivity index (χ0v) is 25.8. The molecule has 4 bridgehead atoms. The van der Waals surface area contributed by atoms with Gasteiger partial charge in [0.05, 0.1) is 36.8 Å². The van der Waals surface area contributed by atoms with Crippen molar-refractivity contribution in [1.82, 2.24) is 0 Å². The topological polar surface area (TPSA) is 117 Å². The number of rotatable bonds is 9. The lowest BCUT2D eigenvalue weighted by Gasteiger charge is -2.49. The fourth-order valence-electron chi connectivity index (χ4n) is 10.5. The van der Waals surface area contributed by atoms with Gasteiger partial charge in [-0.3, -0.25) is 9.59 Å². The van der Waals surface area contributed by atoms with E-state index in [1.807, 2.05) is 6.92 Å². The Balaban J connectivity index is 1.39. The molecule has 13 atom stereocenters. The highest BCUT2D eigenvalue weighted by Gasteiger charge is 2.85. The molecule has 4 aliphatic carbocycles. The minimum atomic E-state index is -1.12. The van der Waals surface area contributed by atoms with Crippen LogP contribution in [0.4, 0.5) is 0 Å². The van der Waals surface area contributed by atoms with Crippen molar-refractivity contribution in [2.45, 2.75) is 93.5 Å². The molecule has 11 nitrogen and oxygen atoms in total. The predicted octanol–water partition coefficient (Wildman–Crippen LogP) is 2.43. The normalized spacial score (nSPS) is 50.8. The van der Waals surface area contributed by atoms with Crippen molar-refractivity contribution in [2.75, 3.05) is 49.3 Å². The number of methoxy groups -OCH3 is 6. The van der Waals surface area contributed by atoms with Gasteiger partial charge in [-0.05, 0) is 56.4 Å². The molecule has 11 heteroatoms. The third-order valence-electron chi connectivity index (χ3n) is 12.1. The summed E-state index contributed by atoms with van der Waals surface area (Å²) in [6, 6.07) is 0. The van der Waals surface area contributed by atoms with Gasteiger partial charge in [0.2, 0.25) is 0 Å². The van der Waals surface area contributed by atoms with E-state index >= 15 is 0 Å². The molecule has 2 heterocycles. The SMILES string of the molecule is C=C1CC23C[C@@]1(OC)CCC2[C@@]12CCC(O[C@@H]4O[C@H](COC)[C@@H](OC)[C@H](OC)[C@H]4OC)[C@@](C)(C(=O)O1)C2C3C(=O)OC. The largest absolute Gasteiger partial charge is 0.469 e. The summed E-state index contributed by atoms with van der Waals surface area (Å²) in [5.41, 5.74) is -1.83. The Morgan fingerprint density at radius 1 is 1.00 bits per heavy atom. The van der Waals surface area contributed by atoms with Crippen molar-refractivity contribution in [1.29, 1.82) is 0 Å². The van der Waals surface area contributed by atoms with Crippen LogP contribution in [0.3, 0.4) is 0 Å². The molecule has 42 heavy (non-hydrogen) atoms. The molecule has 0 aromatic carbocycles. The van der Waals surface area contributed by atoms with Crippen LogP contribution in [0.15, 0.2) is 12.2 Å². The van der Waals surface area contributed by atoms with E-state index < -0.39 is 70.7 Å². The van der Waals surface area contributed by atoms with E-state index in [-0.39, 0.29) is 24.5 Å². The van der Waals surface area contributed by atoms with E-state index in [2.05, 4.69) is 6.58 Å². The smallest absolute Gasteiger partial charge is 0.315 e. The Morgan fingerprint density at radius 3 is 2.33 bits per heavy atom. The van der Waals surface area contributed by atoms with Crippen molar-refractivity contribution in [3.8, 4) is 0 Å². The number of carbonyl (C=O) groups excluding carboxylic acids is 2. The van der Waals surface area contributed by atoms with Crippen LogP contribution in [0.5, 0.6) is 0 Å². The molecule has 4 saturated carbocycles. The number of hydrogen-bond acceptors (Lipinski definition) is 11. The first-order chi connectivity index (χ1) is 20.1. The van der Waals surface area contributed by atoms with Gasteiger partial charge in [-0.25, -0.2) is 0 Å². The summed E-state index contributed by atoms with van der Waals surface area (Å²) in [7, 11) is 9.49. The van der Waals surface area contributed by atoms with Gasteiger partial charge in [0.1, 0.15) is 30.0 Å². The van der Waals surface area contributed by atoms with Crippen LogP contribution < -0.4 is 0 Å². The van der Waals surface area contributed by atoms with Crippen LogP contribution in [-0.4, -0.2) is 109 Å². The third kappa shape index (κ3) is 3.71. The summed E-state index contributed by atoms with van der Waals surface area (Å²) in [5.74, 6) is -1.66. The zero-order chi connectivity index (χ0) is 30.2. The highest BCUT2D eigenvalue weighted by molar-refractivity contribution is 5.86. The summed E-state index contributed by atoms with van der Waals surface area (Å²) in [4.78, 5) is 27.9. The highest BCUT2D eigenvalue weighted by Crippen LogP contribution is 2.79. The molecular formula is C31H46O11. The first-order valence-corrected chi connectivity index (χ1v) is 15.0. The van der Waals surface area contributed by atoms with Crippen LogP contribution in [0, 0.1) is 28.6 Å². The fourth-order valence-corrected chi connectivity index (χ4v) is 10.5. The molecule has 0 radical (unpaired) electrons. The lowest BCUT2D eigenvalue weighted by Crippen LogP contribution is -2.63. The maximum absolute atomic E-state index is 14.1. The van der Waals surface area contributed by atoms with Crippen molar-refractivity contribution in [3.05, 3.63) is 12.2 Å². The second-order valence-electron chi connectivity index (χ2n) is 13.3. The van der Waals surface area contributed by atoms with Crippen LogP contribution in [0.25, 0.3) is 0 Å². The van der Waals surface area contributed by atoms with Crippen molar-refractivity contribution in [2.24, 2.45) is 28.6 Å². The average molecular weight is 595 g/mol. The van der Waals surface area contributed by atoms with Gasteiger partial charge in [-0.15, -0.1) is 0 Å². The van der Waals surface area contributed by atoms with Crippen LogP contribution in [-0.2, 0) is 52.2 Å². The lowest BCUT2D eigenvalue weighted by molar-refractivity contribution is -0.331. The van der Waals surface area contributed by atoms with Crippen LogP contribution in [0.2, 0.25) is 0 Å². The quantitative estimate of drug-likeness (QED) is 0.289. The highest BCUT2D eigenvalue weighted by atomic mass is 16.7. The maximum atomic E-state index is 14.1. The monoisotopic (exact) mass is 594 g/mol. The molecule has 2 saturated heterocycles. The van der Waals surface area contributed by atoms with E-state index in [0.29, 0.717) is 25.7 Å². The van der Waals surface area contributed by atoms with Crippen molar-refractivity contribution >= 4 is 11.9 Å². The lowest BCUT2D eigenvalue weighted by atomic mass is 9.58. The second-order valence-corrected chi connectivity index (χ2v) is 13.3. The van der Waals surface area contributed by atoms with E-state index in [1.54, 1.807) is 35.5 Å². The van der Waals surface area contributed by atoms with E-state index in [4.69, 9.17) is 42.6 Å². The van der Waals surface area contributed by atoms with Gasteiger partial charge in [-0.1, -0.05) is 6.58 Å². The van der Waals surface area contributed by atoms with E-state index in [1.165, 1.54) is 7.11 Å². The molecule has 236 valence electrons. The van der Waals surface area contributed by atoms with Crippen molar-refractivity contribution in [3.63, 3.8) is 0 Å². The summed E-state index contributed by atoms with van der Waals surface area (Å²) < 4.78 is 54.1. The molecular weight excluding hydrogens is 548 g/mol. The first-order valence-electron chi connectivity index (χ1n) is 15.0. The van der Waals surface area contributed by atoms with Gasteiger partial charge >= 0.3 is 11.9 Å². The molecule has 0 aromatic heterocycles. The van der Waals surface area contributed by atoms with E-state index in [0.717, 1.165) is 18.4 Å². The van der Waals surface area contributed by atoms with Crippen molar-refractivity contribution < 1.29 is 52.2 Å². The van der Waals surface area contributed by atoms with Crippen LogP contribution >= 0.6 is 0 Å². The minimum Gasteiger partial charge on any atom is -0.469 e.